The Morgan fingerprint density at radius 2 is 1.81 bits per heavy atom. The summed E-state index contributed by atoms with van der Waals surface area (Å²) in [4.78, 5) is 3.98. The lowest BCUT2D eigenvalue weighted by molar-refractivity contribution is 0.209. The highest BCUT2D eigenvalue weighted by Crippen LogP contribution is 2.31. The third kappa shape index (κ3) is 4.38. The van der Waals surface area contributed by atoms with E-state index in [9.17, 15) is 19.0 Å². The molecule has 1 atom stereocenters. The van der Waals surface area contributed by atoms with Crippen LogP contribution in [0.3, 0.4) is 0 Å². The van der Waals surface area contributed by atoms with Gasteiger partial charge in [0.2, 0.25) is 0 Å². The Labute approximate surface area is 156 Å². The fraction of sp³-hybridized carbons (Fsp3) is 0.136. The van der Waals surface area contributed by atoms with Gasteiger partial charge in [-0.1, -0.05) is 42.0 Å². The van der Waals surface area contributed by atoms with Crippen LogP contribution in [0.15, 0.2) is 72.6 Å². The molecular weight excluding hydrogens is 348 g/mol. The average Bonchev–Trinajstić information content (AvgIpc) is 2.68. The Morgan fingerprint density at radius 1 is 1.07 bits per heavy atom. The maximum absolute atomic E-state index is 14.2. The van der Waals surface area contributed by atoms with Crippen LogP contribution in [0.4, 0.5) is 8.78 Å². The number of pyridine rings is 1. The van der Waals surface area contributed by atoms with Crippen molar-refractivity contribution in [3.05, 3.63) is 106 Å². The number of aryl methyl sites for hydroxylation is 1. The first-order valence-corrected chi connectivity index (χ1v) is 8.46. The Kier molecular flexibility index (Phi) is 5.62. The first-order chi connectivity index (χ1) is 13.0. The molecule has 1 aromatic heterocycles. The van der Waals surface area contributed by atoms with E-state index in [0.29, 0.717) is 11.1 Å². The maximum atomic E-state index is 14.2. The van der Waals surface area contributed by atoms with Crippen molar-refractivity contribution in [3.8, 4) is 0 Å². The van der Waals surface area contributed by atoms with E-state index < -0.39 is 17.7 Å². The number of hydrogen-bond donors (Lipinski definition) is 2. The van der Waals surface area contributed by atoms with Crippen LogP contribution >= 0.6 is 0 Å². The zero-order valence-electron chi connectivity index (χ0n) is 14.7. The number of halogens is 2. The minimum atomic E-state index is -1.19. The minimum absolute atomic E-state index is 0.0815. The van der Waals surface area contributed by atoms with Gasteiger partial charge in [-0.25, -0.2) is 8.78 Å². The van der Waals surface area contributed by atoms with Crippen LogP contribution < -0.4 is 0 Å². The summed E-state index contributed by atoms with van der Waals surface area (Å²) in [5.41, 5.74) is 2.37. The first kappa shape index (κ1) is 18.7. The highest BCUT2D eigenvalue weighted by molar-refractivity contribution is 5.64. The van der Waals surface area contributed by atoms with Crippen molar-refractivity contribution >= 4 is 5.76 Å². The van der Waals surface area contributed by atoms with Crippen molar-refractivity contribution in [1.29, 1.82) is 0 Å². The number of aliphatic hydroxyl groups is 2. The van der Waals surface area contributed by atoms with Gasteiger partial charge in [0.1, 0.15) is 23.5 Å². The van der Waals surface area contributed by atoms with Crippen LogP contribution in [0.25, 0.3) is 5.76 Å². The molecule has 0 spiro atoms. The molecule has 2 aromatic carbocycles. The molecule has 0 bridgehead atoms. The van der Waals surface area contributed by atoms with E-state index in [1.54, 1.807) is 30.5 Å². The molecule has 3 rings (SSSR count). The van der Waals surface area contributed by atoms with Crippen LogP contribution in [-0.2, 0) is 6.42 Å². The molecule has 0 fully saturated rings. The Balaban J connectivity index is 2.08. The van der Waals surface area contributed by atoms with E-state index in [0.717, 1.165) is 17.7 Å². The molecule has 0 saturated carbocycles. The molecule has 5 heteroatoms. The zero-order chi connectivity index (χ0) is 19.4. The quantitative estimate of drug-likeness (QED) is 0.630. The predicted molar refractivity (Wildman–Crippen MR) is 100.0 cm³/mol. The summed E-state index contributed by atoms with van der Waals surface area (Å²) >= 11 is 0. The van der Waals surface area contributed by atoms with Gasteiger partial charge in [0, 0.05) is 41.6 Å². The minimum Gasteiger partial charge on any atom is -0.507 e. The SMILES string of the molecule is Cc1ccc(/C(O)=C(/Cc2ccc(F)cc2F)C(O)c2cccnc2)cc1. The van der Waals surface area contributed by atoms with Crippen LogP contribution in [-0.4, -0.2) is 15.2 Å². The smallest absolute Gasteiger partial charge is 0.129 e. The molecule has 3 nitrogen and oxygen atoms in total. The second kappa shape index (κ2) is 8.10. The summed E-state index contributed by atoms with van der Waals surface area (Å²) < 4.78 is 27.4. The van der Waals surface area contributed by atoms with Crippen molar-refractivity contribution < 1.29 is 19.0 Å². The third-order valence-corrected chi connectivity index (χ3v) is 4.36. The molecule has 2 N–H and O–H groups in total. The van der Waals surface area contributed by atoms with E-state index in [4.69, 9.17) is 0 Å². The molecule has 0 amide bonds. The lowest BCUT2D eigenvalue weighted by atomic mass is 9.93. The van der Waals surface area contributed by atoms with Crippen molar-refractivity contribution in [3.63, 3.8) is 0 Å². The highest BCUT2D eigenvalue weighted by Gasteiger charge is 2.21. The van der Waals surface area contributed by atoms with Crippen LogP contribution in [0.5, 0.6) is 0 Å². The molecule has 3 aromatic rings. The summed E-state index contributed by atoms with van der Waals surface area (Å²) in [7, 11) is 0. The lowest BCUT2D eigenvalue weighted by Crippen LogP contribution is -2.09. The zero-order valence-corrected chi connectivity index (χ0v) is 14.7. The van der Waals surface area contributed by atoms with Gasteiger partial charge in [-0.15, -0.1) is 0 Å². The van der Waals surface area contributed by atoms with E-state index in [1.807, 2.05) is 19.1 Å². The molecule has 1 unspecified atom stereocenters. The number of rotatable bonds is 5. The highest BCUT2D eigenvalue weighted by atomic mass is 19.1. The molecule has 0 aliphatic heterocycles. The fourth-order valence-corrected chi connectivity index (χ4v) is 2.82. The van der Waals surface area contributed by atoms with Crippen molar-refractivity contribution in [1.82, 2.24) is 4.98 Å². The van der Waals surface area contributed by atoms with E-state index >= 15 is 0 Å². The molecule has 0 radical (unpaired) electrons. The molecule has 0 aliphatic rings. The standard InChI is InChI=1S/C22H19F2NO2/c1-14-4-6-15(7-5-14)21(26)19(22(27)17-3-2-10-25-13-17)11-16-8-9-18(23)12-20(16)24/h2-10,12-13,22,26-27H,11H2,1H3/b21-19+. The summed E-state index contributed by atoms with van der Waals surface area (Å²) in [6.07, 6.45) is 1.78. The Hall–Kier alpha value is -3.05. The topological polar surface area (TPSA) is 53.4 Å². The molecule has 27 heavy (non-hydrogen) atoms. The van der Waals surface area contributed by atoms with Gasteiger partial charge < -0.3 is 10.2 Å². The summed E-state index contributed by atoms with van der Waals surface area (Å²) in [6.45, 7) is 1.92. The van der Waals surface area contributed by atoms with Crippen LogP contribution in [0, 0.1) is 18.6 Å². The van der Waals surface area contributed by atoms with Gasteiger partial charge in [-0.3, -0.25) is 4.98 Å². The van der Waals surface area contributed by atoms with E-state index in [1.165, 1.54) is 12.3 Å². The molecule has 1 heterocycles. The van der Waals surface area contributed by atoms with E-state index in [-0.39, 0.29) is 23.3 Å². The normalized spacial score (nSPS) is 13.2. The largest absolute Gasteiger partial charge is 0.507 e. The second-order valence-corrected chi connectivity index (χ2v) is 6.34. The monoisotopic (exact) mass is 367 g/mol. The second-order valence-electron chi connectivity index (χ2n) is 6.34. The number of benzene rings is 2. The average molecular weight is 367 g/mol. The van der Waals surface area contributed by atoms with Gasteiger partial charge in [0.15, 0.2) is 0 Å². The number of hydrogen-bond acceptors (Lipinski definition) is 3. The van der Waals surface area contributed by atoms with Crippen LogP contribution in [0.2, 0.25) is 0 Å². The summed E-state index contributed by atoms with van der Waals surface area (Å²) in [6, 6.07) is 13.7. The Morgan fingerprint density at radius 3 is 2.44 bits per heavy atom. The summed E-state index contributed by atoms with van der Waals surface area (Å²) in [5.74, 6) is -1.56. The third-order valence-electron chi connectivity index (χ3n) is 4.36. The lowest BCUT2D eigenvalue weighted by Gasteiger charge is -2.18. The van der Waals surface area contributed by atoms with Crippen LogP contribution in [0.1, 0.15) is 28.4 Å². The maximum Gasteiger partial charge on any atom is 0.129 e. The molecule has 0 saturated heterocycles. The number of nitrogens with zero attached hydrogens (tertiary/aromatic N) is 1. The van der Waals surface area contributed by atoms with E-state index in [2.05, 4.69) is 4.98 Å². The molecule has 138 valence electrons. The fourth-order valence-electron chi connectivity index (χ4n) is 2.82. The van der Waals surface area contributed by atoms with Gasteiger partial charge in [0.25, 0.3) is 0 Å². The van der Waals surface area contributed by atoms with Crippen molar-refractivity contribution in [2.75, 3.05) is 0 Å². The van der Waals surface area contributed by atoms with Crippen molar-refractivity contribution in [2.45, 2.75) is 19.4 Å². The van der Waals surface area contributed by atoms with Gasteiger partial charge in [0.05, 0.1) is 0 Å². The number of aliphatic hydroxyl groups excluding tert-OH is 2. The van der Waals surface area contributed by atoms with Gasteiger partial charge >= 0.3 is 0 Å². The van der Waals surface area contributed by atoms with Crippen molar-refractivity contribution in [2.24, 2.45) is 0 Å². The van der Waals surface area contributed by atoms with Gasteiger partial charge in [-0.05, 0) is 24.6 Å². The molecule has 0 aliphatic carbocycles. The number of aromatic nitrogens is 1. The first-order valence-electron chi connectivity index (χ1n) is 8.46. The van der Waals surface area contributed by atoms with Gasteiger partial charge in [-0.2, -0.15) is 0 Å². The molecular formula is C22H19F2NO2. The Bertz CT molecular complexity index is 954. The predicted octanol–water partition coefficient (Wildman–Crippen LogP) is 4.91. The summed E-state index contributed by atoms with van der Waals surface area (Å²) in [5, 5.41) is 21.6.